The lowest BCUT2D eigenvalue weighted by Gasteiger charge is -1.97. The van der Waals surface area contributed by atoms with E-state index in [4.69, 9.17) is 23.2 Å². The first-order valence-corrected chi connectivity index (χ1v) is 3.56. The molecule has 0 aromatic heterocycles. The van der Waals surface area contributed by atoms with Gasteiger partial charge in [-0.15, -0.1) is 23.2 Å². The Hall–Kier alpha value is 0.320. The zero-order valence-electron chi connectivity index (χ0n) is 5.17. The van der Waals surface area contributed by atoms with E-state index >= 15 is 0 Å². The van der Waals surface area contributed by atoms with Crippen molar-refractivity contribution in [1.82, 2.24) is 0 Å². The predicted octanol–water partition coefficient (Wildman–Crippen LogP) is 2.80. The number of hydrogen-bond donors (Lipinski definition) is 0. The summed E-state index contributed by atoms with van der Waals surface area (Å²) in [4.78, 5) is 0. The Balaban J connectivity index is 3.86. The van der Waals surface area contributed by atoms with Gasteiger partial charge in [-0.1, -0.05) is 5.57 Å². The lowest BCUT2D eigenvalue weighted by molar-refractivity contribution is 1.24. The van der Waals surface area contributed by atoms with Crippen LogP contribution in [0.5, 0.6) is 0 Å². The maximum absolute atomic E-state index is 5.52. The van der Waals surface area contributed by atoms with Crippen LogP contribution in [0.4, 0.5) is 0 Å². The SMILES string of the molecule is CC(C)=C(CCl)CCl. The maximum atomic E-state index is 5.52. The van der Waals surface area contributed by atoms with E-state index in [0.29, 0.717) is 11.8 Å². The summed E-state index contributed by atoms with van der Waals surface area (Å²) in [6.07, 6.45) is 0. The van der Waals surface area contributed by atoms with E-state index in [2.05, 4.69) is 0 Å². The summed E-state index contributed by atoms with van der Waals surface area (Å²) in [6.45, 7) is 4.03. The van der Waals surface area contributed by atoms with E-state index in [1.165, 1.54) is 5.57 Å². The molecule has 0 N–H and O–H groups in total. The second-order valence-corrected chi connectivity index (χ2v) is 2.41. The normalized spacial score (nSPS) is 9.00. The molecule has 48 valence electrons. The second-order valence-electron chi connectivity index (χ2n) is 1.87. The van der Waals surface area contributed by atoms with Crippen LogP contribution >= 0.6 is 23.2 Å². The van der Waals surface area contributed by atoms with Gasteiger partial charge >= 0.3 is 0 Å². The number of allylic oxidation sites excluding steroid dienone is 2. The van der Waals surface area contributed by atoms with Crippen LogP contribution in [0.3, 0.4) is 0 Å². The third kappa shape index (κ3) is 2.58. The zero-order chi connectivity index (χ0) is 6.57. The molecule has 0 aromatic carbocycles. The molecule has 0 unspecified atom stereocenters. The van der Waals surface area contributed by atoms with E-state index in [1.54, 1.807) is 0 Å². The summed E-state index contributed by atoms with van der Waals surface area (Å²) < 4.78 is 0. The van der Waals surface area contributed by atoms with Crippen molar-refractivity contribution in [2.45, 2.75) is 13.8 Å². The fourth-order valence-electron chi connectivity index (χ4n) is 0.303. The molecule has 0 saturated carbocycles. The maximum Gasteiger partial charge on any atom is 0.0447 e. The molecule has 0 saturated heterocycles. The molecule has 8 heavy (non-hydrogen) atoms. The first kappa shape index (κ1) is 8.32. The van der Waals surface area contributed by atoms with Gasteiger partial charge in [0.1, 0.15) is 0 Å². The van der Waals surface area contributed by atoms with Crippen molar-refractivity contribution in [2.24, 2.45) is 0 Å². The Labute approximate surface area is 60.5 Å². The fourth-order valence-corrected chi connectivity index (χ4v) is 1.12. The van der Waals surface area contributed by atoms with E-state index < -0.39 is 0 Å². The van der Waals surface area contributed by atoms with Gasteiger partial charge in [-0.05, 0) is 19.4 Å². The summed E-state index contributed by atoms with van der Waals surface area (Å²) in [5, 5.41) is 0. The molecule has 0 nitrogen and oxygen atoms in total. The van der Waals surface area contributed by atoms with Crippen LogP contribution in [0.25, 0.3) is 0 Å². The molecule has 0 aliphatic carbocycles. The summed E-state index contributed by atoms with van der Waals surface area (Å²) in [7, 11) is 0. The lowest BCUT2D eigenvalue weighted by Crippen LogP contribution is -1.88. The van der Waals surface area contributed by atoms with E-state index in [1.807, 2.05) is 13.8 Å². The summed E-state index contributed by atoms with van der Waals surface area (Å²) in [5.74, 6) is 1.12. The van der Waals surface area contributed by atoms with Crippen molar-refractivity contribution >= 4 is 23.2 Å². The van der Waals surface area contributed by atoms with E-state index in [0.717, 1.165) is 5.57 Å². The molecule has 0 aromatic rings. The van der Waals surface area contributed by atoms with Gasteiger partial charge in [0.15, 0.2) is 0 Å². The molecule has 0 radical (unpaired) electrons. The molecular formula is C6H10Cl2. The van der Waals surface area contributed by atoms with Crippen LogP contribution in [-0.4, -0.2) is 11.8 Å². The quantitative estimate of drug-likeness (QED) is 0.422. The molecule has 0 aliphatic heterocycles. The summed E-state index contributed by atoms with van der Waals surface area (Å²) in [6, 6.07) is 0. The molecule has 0 bridgehead atoms. The summed E-state index contributed by atoms with van der Waals surface area (Å²) >= 11 is 11.0. The lowest BCUT2D eigenvalue weighted by atomic mass is 10.2. The highest BCUT2D eigenvalue weighted by Gasteiger charge is 1.92. The monoisotopic (exact) mass is 152 g/mol. The van der Waals surface area contributed by atoms with Gasteiger partial charge in [-0.2, -0.15) is 0 Å². The van der Waals surface area contributed by atoms with Crippen molar-refractivity contribution in [2.75, 3.05) is 11.8 Å². The van der Waals surface area contributed by atoms with Crippen LogP contribution in [0.2, 0.25) is 0 Å². The van der Waals surface area contributed by atoms with Crippen LogP contribution < -0.4 is 0 Å². The average Bonchev–Trinajstić information content (AvgIpc) is 1.69. The number of halogens is 2. The number of alkyl halides is 2. The molecule has 0 rings (SSSR count). The minimum atomic E-state index is 0.561. The minimum Gasteiger partial charge on any atom is -0.122 e. The van der Waals surface area contributed by atoms with Gasteiger partial charge in [-0.3, -0.25) is 0 Å². The Morgan fingerprint density at radius 3 is 1.50 bits per heavy atom. The van der Waals surface area contributed by atoms with Crippen molar-refractivity contribution in [1.29, 1.82) is 0 Å². The fraction of sp³-hybridized carbons (Fsp3) is 0.667. The molecule has 0 atom stereocenters. The minimum absolute atomic E-state index is 0.561. The third-order valence-corrected chi connectivity index (χ3v) is 1.67. The van der Waals surface area contributed by atoms with Crippen molar-refractivity contribution in [3.05, 3.63) is 11.1 Å². The van der Waals surface area contributed by atoms with Gasteiger partial charge in [-0.25, -0.2) is 0 Å². The standard InChI is InChI=1S/C6H10Cl2/c1-5(2)6(3-7)4-8/h3-4H2,1-2H3. The molecule has 0 fully saturated rings. The number of rotatable bonds is 2. The van der Waals surface area contributed by atoms with Crippen LogP contribution in [-0.2, 0) is 0 Å². The Morgan fingerprint density at radius 2 is 1.50 bits per heavy atom. The Morgan fingerprint density at radius 1 is 1.12 bits per heavy atom. The van der Waals surface area contributed by atoms with Gasteiger partial charge in [0.25, 0.3) is 0 Å². The van der Waals surface area contributed by atoms with Gasteiger partial charge in [0.05, 0.1) is 0 Å². The second kappa shape index (κ2) is 4.22. The van der Waals surface area contributed by atoms with Gasteiger partial charge in [0, 0.05) is 11.8 Å². The van der Waals surface area contributed by atoms with Crippen LogP contribution in [0, 0.1) is 0 Å². The largest absolute Gasteiger partial charge is 0.122 e. The van der Waals surface area contributed by atoms with E-state index in [9.17, 15) is 0 Å². The molecule has 0 aliphatic rings. The topological polar surface area (TPSA) is 0 Å². The highest BCUT2D eigenvalue weighted by molar-refractivity contribution is 6.23. The van der Waals surface area contributed by atoms with Gasteiger partial charge < -0.3 is 0 Å². The highest BCUT2D eigenvalue weighted by Crippen LogP contribution is 2.06. The smallest absolute Gasteiger partial charge is 0.0447 e. The molecule has 2 heteroatoms. The third-order valence-electron chi connectivity index (χ3n) is 1.03. The average molecular weight is 153 g/mol. The van der Waals surface area contributed by atoms with Gasteiger partial charge in [0.2, 0.25) is 0 Å². The first-order chi connectivity index (χ1) is 3.72. The predicted molar refractivity (Wildman–Crippen MR) is 39.8 cm³/mol. The zero-order valence-corrected chi connectivity index (χ0v) is 6.68. The van der Waals surface area contributed by atoms with Crippen molar-refractivity contribution in [3.8, 4) is 0 Å². The van der Waals surface area contributed by atoms with E-state index in [-0.39, 0.29) is 0 Å². The van der Waals surface area contributed by atoms with Crippen LogP contribution in [0.1, 0.15) is 13.8 Å². The van der Waals surface area contributed by atoms with Crippen molar-refractivity contribution < 1.29 is 0 Å². The molecule has 0 heterocycles. The Kier molecular flexibility index (Phi) is 4.39. The molecular weight excluding hydrogens is 143 g/mol. The van der Waals surface area contributed by atoms with Crippen molar-refractivity contribution in [3.63, 3.8) is 0 Å². The number of hydrogen-bond acceptors (Lipinski definition) is 0. The molecule has 0 spiro atoms. The molecule has 0 amide bonds. The highest BCUT2D eigenvalue weighted by atomic mass is 35.5. The first-order valence-electron chi connectivity index (χ1n) is 2.49. The van der Waals surface area contributed by atoms with Crippen LogP contribution in [0.15, 0.2) is 11.1 Å². The summed E-state index contributed by atoms with van der Waals surface area (Å²) in [5.41, 5.74) is 2.36. The Bertz CT molecular complexity index is 84.7.